The van der Waals surface area contributed by atoms with Gasteiger partial charge in [0, 0.05) is 18.8 Å². The normalized spacial score (nSPS) is 10.3. The van der Waals surface area contributed by atoms with Gasteiger partial charge < -0.3 is 4.57 Å². The SMILES string of the molecule is O=c1ccccn1CCc1ccc(F)cc1. The second kappa shape index (κ2) is 4.75. The summed E-state index contributed by atoms with van der Waals surface area (Å²) < 4.78 is 14.3. The number of pyridine rings is 1. The van der Waals surface area contributed by atoms with Gasteiger partial charge in [-0.1, -0.05) is 18.2 Å². The summed E-state index contributed by atoms with van der Waals surface area (Å²) in [6, 6.07) is 11.4. The molecular weight excluding hydrogens is 205 g/mol. The summed E-state index contributed by atoms with van der Waals surface area (Å²) in [6.07, 6.45) is 2.48. The molecule has 1 aromatic heterocycles. The van der Waals surface area contributed by atoms with Crippen molar-refractivity contribution in [3.05, 3.63) is 70.4 Å². The van der Waals surface area contributed by atoms with Gasteiger partial charge in [0.1, 0.15) is 5.82 Å². The number of rotatable bonds is 3. The molecule has 16 heavy (non-hydrogen) atoms. The van der Waals surface area contributed by atoms with E-state index in [-0.39, 0.29) is 11.4 Å². The van der Waals surface area contributed by atoms with Crippen LogP contribution in [0.3, 0.4) is 0 Å². The lowest BCUT2D eigenvalue weighted by atomic mass is 10.1. The van der Waals surface area contributed by atoms with E-state index >= 15 is 0 Å². The zero-order chi connectivity index (χ0) is 11.4. The molecular formula is C13H12FNO. The molecule has 0 unspecified atom stereocenters. The van der Waals surface area contributed by atoms with Gasteiger partial charge in [0.25, 0.3) is 5.56 Å². The molecule has 2 rings (SSSR count). The molecule has 2 nitrogen and oxygen atoms in total. The number of aromatic nitrogens is 1. The Morgan fingerprint density at radius 2 is 1.81 bits per heavy atom. The highest BCUT2D eigenvalue weighted by molar-refractivity contribution is 5.16. The highest BCUT2D eigenvalue weighted by atomic mass is 19.1. The van der Waals surface area contributed by atoms with E-state index in [0.717, 1.165) is 12.0 Å². The van der Waals surface area contributed by atoms with Crippen molar-refractivity contribution in [1.82, 2.24) is 4.57 Å². The van der Waals surface area contributed by atoms with Crippen molar-refractivity contribution in [2.75, 3.05) is 0 Å². The average Bonchev–Trinajstić information content (AvgIpc) is 2.30. The number of aryl methyl sites for hydroxylation is 2. The summed E-state index contributed by atoms with van der Waals surface area (Å²) in [7, 11) is 0. The fraction of sp³-hybridized carbons (Fsp3) is 0.154. The van der Waals surface area contributed by atoms with Crippen LogP contribution < -0.4 is 5.56 Å². The molecule has 1 heterocycles. The minimum Gasteiger partial charge on any atom is -0.315 e. The molecule has 0 spiro atoms. The van der Waals surface area contributed by atoms with E-state index in [2.05, 4.69) is 0 Å². The molecule has 0 bridgehead atoms. The van der Waals surface area contributed by atoms with E-state index in [1.165, 1.54) is 18.2 Å². The molecule has 0 aliphatic rings. The maximum Gasteiger partial charge on any atom is 0.250 e. The highest BCUT2D eigenvalue weighted by Crippen LogP contribution is 2.04. The highest BCUT2D eigenvalue weighted by Gasteiger charge is 1.96. The Morgan fingerprint density at radius 3 is 2.50 bits per heavy atom. The summed E-state index contributed by atoms with van der Waals surface area (Å²) in [6.45, 7) is 0.616. The number of benzene rings is 1. The van der Waals surface area contributed by atoms with Crippen molar-refractivity contribution in [3.8, 4) is 0 Å². The topological polar surface area (TPSA) is 22.0 Å². The lowest BCUT2D eigenvalue weighted by molar-refractivity contribution is 0.624. The van der Waals surface area contributed by atoms with Crippen LogP contribution in [0, 0.1) is 5.82 Å². The lowest BCUT2D eigenvalue weighted by Crippen LogP contribution is -2.18. The van der Waals surface area contributed by atoms with Crippen molar-refractivity contribution in [2.45, 2.75) is 13.0 Å². The van der Waals surface area contributed by atoms with Crippen molar-refractivity contribution < 1.29 is 4.39 Å². The van der Waals surface area contributed by atoms with E-state index in [1.54, 1.807) is 29.0 Å². The van der Waals surface area contributed by atoms with Crippen LogP contribution in [0.4, 0.5) is 4.39 Å². The van der Waals surface area contributed by atoms with Gasteiger partial charge in [0.2, 0.25) is 0 Å². The fourth-order valence-corrected chi connectivity index (χ4v) is 1.55. The van der Waals surface area contributed by atoms with Crippen LogP contribution in [0.2, 0.25) is 0 Å². The van der Waals surface area contributed by atoms with Crippen LogP contribution in [0.5, 0.6) is 0 Å². The van der Waals surface area contributed by atoms with Gasteiger partial charge in [-0.3, -0.25) is 4.79 Å². The first-order chi connectivity index (χ1) is 7.75. The Labute approximate surface area is 93.0 Å². The zero-order valence-corrected chi connectivity index (χ0v) is 8.77. The molecule has 0 atom stereocenters. The predicted octanol–water partition coefficient (Wildman–Crippen LogP) is 2.23. The summed E-state index contributed by atoms with van der Waals surface area (Å²) in [5.41, 5.74) is 1.02. The standard InChI is InChI=1S/C13H12FNO/c14-12-6-4-11(5-7-12)8-10-15-9-2-1-3-13(15)16/h1-7,9H,8,10H2. The van der Waals surface area contributed by atoms with E-state index in [4.69, 9.17) is 0 Å². The smallest absolute Gasteiger partial charge is 0.250 e. The molecule has 0 amide bonds. The Balaban J connectivity index is 2.05. The van der Waals surface area contributed by atoms with Crippen LogP contribution in [0.15, 0.2) is 53.5 Å². The summed E-state index contributed by atoms with van der Waals surface area (Å²) in [5, 5.41) is 0. The van der Waals surface area contributed by atoms with E-state index in [0.29, 0.717) is 6.54 Å². The first-order valence-electron chi connectivity index (χ1n) is 5.15. The average molecular weight is 217 g/mol. The molecule has 0 aliphatic carbocycles. The van der Waals surface area contributed by atoms with E-state index < -0.39 is 0 Å². The number of nitrogens with zero attached hydrogens (tertiary/aromatic N) is 1. The van der Waals surface area contributed by atoms with E-state index in [1.807, 2.05) is 6.07 Å². The number of hydrogen-bond donors (Lipinski definition) is 0. The first kappa shape index (κ1) is 10.6. The zero-order valence-electron chi connectivity index (χ0n) is 8.77. The van der Waals surface area contributed by atoms with Crippen LogP contribution in [-0.4, -0.2) is 4.57 Å². The van der Waals surface area contributed by atoms with Gasteiger partial charge >= 0.3 is 0 Å². The number of hydrogen-bond acceptors (Lipinski definition) is 1. The Bertz CT molecular complexity index is 516. The van der Waals surface area contributed by atoms with Crippen LogP contribution in [0.25, 0.3) is 0 Å². The van der Waals surface area contributed by atoms with E-state index in [9.17, 15) is 9.18 Å². The third-order valence-corrected chi connectivity index (χ3v) is 2.45. The van der Waals surface area contributed by atoms with Gasteiger partial charge in [-0.25, -0.2) is 4.39 Å². The number of halogens is 1. The maximum atomic E-state index is 12.7. The third kappa shape index (κ3) is 2.57. The summed E-state index contributed by atoms with van der Waals surface area (Å²) in [5.74, 6) is -0.236. The Kier molecular flexibility index (Phi) is 3.15. The van der Waals surface area contributed by atoms with Gasteiger partial charge in [-0.05, 0) is 30.2 Å². The minimum absolute atomic E-state index is 0.00962. The maximum absolute atomic E-state index is 12.7. The Hall–Kier alpha value is -1.90. The largest absolute Gasteiger partial charge is 0.315 e. The molecule has 0 saturated heterocycles. The van der Waals surface area contributed by atoms with Crippen molar-refractivity contribution in [3.63, 3.8) is 0 Å². The molecule has 0 radical (unpaired) electrons. The van der Waals surface area contributed by atoms with Gasteiger partial charge in [-0.2, -0.15) is 0 Å². The first-order valence-corrected chi connectivity index (χ1v) is 5.15. The Morgan fingerprint density at radius 1 is 1.06 bits per heavy atom. The van der Waals surface area contributed by atoms with Crippen molar-refractivity contribution in [2.24, 2.45) is 0 Å². The molecule has 2 aromatic rings. The van der Waals surface area contributed by atoms with Crippen molar-refractivity contribution >= 4 is 0 Å². The second-order valence-electron chi connectivity index (χ2n) is 3.61. The third-order valence-electron chi connectivity index (χ3n) is 2.45. The fourth-order valence-electron chi connectivity index (χ4n) is 1.55. The molecule has 3 heteroatoms. The predicted molar refractivity (Wildman–Crippen MR) is 60.8 cm³/mol. The van der Waals surface area contributed by atoms with Crippen LogP contribution >= 0.6 is 0 Å². The molecule has 0 N–H and O–H groups in total. The summed E-state index contributed by atoms with van der Waals surface area (Å²) >= 11 is 0. The van der Waals surface area contributed by atoms with Crippen LogP contribution in [0.1, 0.15) is 5.56 Å². The minimum atomic E-state index is -0.236. The monoisotopic (exact) mass is 217 g/mol. The quantitative estimate of drug-likeness (QED) is 0.772. The molecule has 0 aliphatic heterocycles. The molecule has 0 fully saturated rings. The van der Waals surface area contributed by atoms with Gasteiger partial charge in [0.15, 0.2) is 0 Å². The second-order valence-corrected chi connectivity index (χ2v) is 3.61. The molecule has 0 saturated carbocycles. The van der Waals surface area contributed by atoms with Gasteiger partial charge in [0.05, 0.1) is 0 Å². The summed E-state index contributed by atoms with van der Waals surface area (Å²) in [4.78, 5) is 11.4. The molecule has 82 valence electrons. The van der Waals surface area contributed by atoms with Crippen molar-refractivity contribution in [1.29, 1.82) is 0 Å². The molecule has 1 aromatic carbocycles. The lowest BCUT2D eigenvalue weighted by Gasteiger charge is -2.04. The van der Waals surface area contributed by atoms with Crippen LogP contribution in [-0.2, 0) is 13.0 Å². The van der Waals surface area contributed by atoms with Gasteiger partial charge in [-0.15, -0.1) is 0 Å².